The van der Waals surface area contributed by atoms with Crippen LogP contribution in [0.25, 0.3) is 0 Å². The predicted molar refractivity (Wildman–Crippen MR) is 279 cm³/mol. The van der Waals surface area contributed by atoms with Crippen LogP contribution in [0.15, 0.2) is 111 Å². The summed E-state index contributed by atoms with van der Waals surface area (Å²) in [4.78, 5) is 79.4. The lowest BCUT2D eigenvalue weighted by Crippen LogP contribution is -2.32. The van der Waals surface area contributed by atoms with Crippen molar-refractivity contribution in [2.75, 3.05) is 52.1 Å². The van der Waals surface area contributed by atoms with Crippen LogP contribution in [0.3, 0.4) is 0 Å². The molecule has 5 rings (SSSR count). The van der Waals surface area contributed by atoms with Crippen molar-refractivity contribution in [2.45, 2.75) is 59.0 Å². The molecule has 0 radical (unpaired) electrons. The Kier molecular flexibility index (Phi) is 21.3. The van der Waals surface area contributed by atoms with E-state index in [-0.39, 0.29) is 56.2 Å². The molecule has 0 aliphatic carbocycles. The number of alkyl halides is 3. The summed E-state index contributed by atoms with van der Waals surface area (Å²) in [5.41, 5.74) is 3.97. The largest absolute Gasteiger partial charge is 0.492 e. The Morgan fingerprint density at radius 3 is 1.39 bits per heavy atom. The number of carbonyl (C=O) groups excluding carboxylic acids is 6. The van der Waals surface area contributed by atoms with Crippen molar-refractivity contribution in [3.8, 4) is 11.5 Å². The molecule has 0 saturated heterocycles. The molecular formula is C50H49Cl5N8O8. The molecule has 0 fully saturated rings. The highest BCUT2D eigenvalue weighted by molar-refractivity contribution is 6.32. The van der Waals surface area contributed by atoms with Gasteiger partial charge in [0.15, 0.2) is 11.6 Å². The highest BCUT2D eigenvalue weighted by Crippen LogP contribution is 2.31. The van der Waals surface area contributed by atoms with Gasteiger partial charge in [0.1, 0.15) is 11.5 Å². The number of Topliss-reactive ketones (excluding diaryl/α,β-unsaturated/α-hetero) is 2. The first-order valence-electron chi connectivity index (χ1n) is 22.1. The van der Waals surface area contributed by atoms with Crippen LogP contribution in [0.1, 0.15) is 65.1 Å². The maximum Gasteiger partial charge on any atom is 0.258 e. The molecule has 2 atom stereocenters. The van der Waals surface area contributed by atoms with Gasteiger partial charge in [-0.15, -0.1) is 34.8 Å². The minimum atomic E-state index is -1.62. The van der Waals surface area contributed by atoms with E-state index in [2.05, 4.69) is 41.7 Å². The fourth-order valence-corrected chi connectivity index (χ4v) is 7.85. The zero-order chi connectivity index (χ0) is 51.6. The van der Waals surface area contributed by atoms with E-state index < -0.39 is 47.3 Å². The number of amides is 4. The number of halogens is 5. The first-order valence-corrected chi connectivity index (χ1v) is 24.4. The van der Waals surface area contributed by atoms with Gasteiger partial charge in [0, 0.05) is 50.2 Å². The molecule has 4 N–H and O–H groups in total. The van der Waals surface area contributed by atoms with Crippen molar-refractivity contribution in [1.29, 1.82) is 0 Å². The minimum Gasteiger partial charge on any atom is -0.492 e. The van der Waals surface area contributed by atoms with Crippen LogP contribution in [0.2, 0.25) is 10.0 Å². The lowest BCUT2D eigenvalue weighted by molar-refractivity contribution is -0.127. The van der Waals surface area contributed by atoms with E-state index >= 15 is 0 Å². The molecule has 21 heteroatoms. The molecule has 4 amide bonds. The number of ketones is 2. The SMILES string of the molecule is CCOc1ccc(CCCl)cc1NC(=O)c1cc(Cl)cc(N=NC(C(C)=O)C(=O)Nc2ccc(NC(=O)C(N=Nc3cc(Cl)cc(C(=O)Nc4cc(CCCl)ccc4OCC)c3)C(C)=O)c(CCCl)c2)c1. The first-order chi connectivity index (χ1) is 34.0. The standard InChI is InChI=1S/C50H49Cl5N8O8/c1-5-70-43-11-7-30(13-16-51)19-41(43)58-47(66)33-21-35(54)26-38(24-33)60-62-45(28(3)64)49(68)56-37-9-10-40(32(23-37)15-18-53)57-50(69)46(29(4)65)63-61-39-25-34(22-36(55)27-39)48(67)59-42-20-31(14-17-52)8-12-44(42)71-6-2/h7-12,19-27,45-46H,5-6,13-18H2,1-4H3,(H,56,68)(H,57,69)(H,58,66)(H,59,67). The van der Waals surface area contributed by atoms with Crippen LogP contribution in [0.5, 0.6) is 11.5 Å². The average Bonchev–Trinajstić information content (AvgIpc) is 3.31. The van der Waals surface area contributed by atoms with E-state index in [1.807, 2.05) is 26.0 Å². The summed E-state index contributed by atoms with van der Waals surface area (Å²) in [5, 5.41) is 27.5. The van der Waals surface area contributed by atoms with Crippen molar-refractivity contribution < 1.29 is 38.2 Å². The van der Waals surface area contributed by atoms with Crippen molar-refractivity contribution >= 4 is 127 Å². The number of anilines is 4. The molecule has 0 aromatic heterocycles. The molecule has 0 bridgehead atoms. The van der Waals surface area contributed by atoms with E-state index in [1.165, 1.54) is 68.4 Å². The fourth-order valence-electron chi connectivity index (χ4n) is 6.76. The number of carbonyl (C=O) groups is 6. The van der Waals surface area contributed by atoms with Gasteiger partial charge in [-0.1, -0.05) is 35.3 Å². The zero-order valence-corrected chi connectivity index (χ0v) is 42.7. The highest BCUT2D eigenvalue weighted by Gasteiger charge is 2.26. The van der Waals surface area contributed by atoms with Gasteiger partial charge in [0.2, 0.25) is 12.1 Å². The number of azo groups is 2. The molecule has 5 aromatic carbocycles. The lowest BCUT2D eigenvalue weighted by atomic mass is 10.1. The van der Waals surface area contributed by atoms with Gasteiger partial charge in [-0.05, 0) is 143 Å². The summed E-state index contributed by atoms with van der Waals surface area (Å²) in [6, 6.07) is 20.4. The number of hydrogen-bond donors (Lipinski definition) is 4. The number of rotatable bonds is 24. The number of aryl methyl sites for hydroxylation is 3. The molecule has 0 aliphatic rings. The van der Waals surface area contributed by atoms with Crippen molar-refractivity contribution in [3.05, 3.63) is 129 Å². The monoisotopic (exact) mass is 1060 g/mol. The maximum atomic E-state index is 13.6. The van der Waals surface area contributed by atoms with Crippen LogP contribution in [-0.2, 0) is 38.4 Å². The number of nitrogens with zero attached hydrogens (tertiary/aromatic N) is 4. The van der Waals surface area contributed by atoms with E-state index in [0.717, 1.165) is 11.1 Å². The van der Waals surface area contributed by atoms with Crippen LogP contribution < -0.4 is 30.7 Å². The molecule has 2 unspecified atom stereocenters. The smallest absolute Gasteiger partial charge is 0.258 e. The number of hydrogen-bond acceptors (Lipinski definition) is 12. The molecule has 0 spiro atoms. The van der Waals surface area contributed by atoms with Gasteiger partial charge in [0.25, 0.3) is 23.6 Å². The van der Waals surface area contributed by atoms with E-state index in [1.54, 1.807) is 24.3 Å². The topological polar surface area (TPSA) is 218 Å². The van der Waals surface area contributed by atoms with Gasteiger partial charge in [-0.2, -0.15) is 20.5 Å². The second kappa shape index (κ2) is 27.2. The molecule has 0 saturated carbocycles. The number of nitrogens with one attached hydrogen (secondary N) is 4. The van der Waals surface area contributed by atoms with Gasteiger partial charge in [-0.25, -0.2) is 0 Å². The van der Waals surface area contributed by atoms with Gasteiger partial charge < -0.3 is 30.7 Å². The first kappa shape index (κ1) is 55.5. The second-order valence-corrected chi connectivity index (χ2v) is 17.5. The normalized spacial score (nSPS) is 12.0. The molecule has 71 heavy (non-hydrogen) atoms. The maximum absolute atomic E-state index is 13.6. The van der Waals surface area contributed by atoms with Crippen molar-refractivity contribution in [1.82, 2.24) is 0 Å². The molecule has 5 aromatic rings. The number of ether oxygens (including phenoxy) is 2. The third kappa shape index (κ3) is 16.3. The van der Waals surface area contributed by atoms with E-state index in [0.29, 0.717) is 66.3 Å². The molecule has 372 valence electrons. The van der Waals surface area contributed by atoms with E-state index in [4.69, 9.17) is 67.5 Å². The van der Waals surface area contributed by atoms with Crippen LogP contribution in [-0.4, -0.2) is 78.1 Å². The summed E-state index contributed by atoms with van der Waals surface area (Å²) in [6.45, 7) is 6.70. The lowest BCUT2D eigenvalue weighted by Gasteiger charge is -2.15. The Labute approximate surface area is 435 Å². The van der Waals surface area contributed by atoms with Gasteiger partial charge in [0.05, 0.1) is 36.0 Å². The Balaban J connectivity index is 1.28. The summed E-state index contributed by atoms with van der Waals surface area (Å²) in [7, 11) is 0. The van der Waals surface area contributed by atoms with Crippen molar-refractivity contribution in [2.24, 2.45) is 20.5 Å². The molecular weight excluding hydrogens is 1020 g/mol. The van der Waals surface area contributed by atoms with Gasteiger partial charge in [-0.3, -0.25) is 28.8 Å². The second-order valence-electron chi connectivity index (χ2n) is 15.5. The van der Waals surface area contributed by atoms with Gasteiger partial charge >= 0.3 is 0 Å². The summed E-state index contributed by atoms with van der Waals surface area (Å²) >= 11 is 30.7. The molecule has 0 heterocycles. The molecule has 0 aliphatic heterocycles. The summed E-state index contributed by atoms with van der Waals surface area (Å²) in [5.74, 6) is -2.23. The van der Waals surface area contributed by atoms with Crippen molar-refractivity contribution in [3.63, 3.8) is 0 Å². The Bertz CT molecular complexity index is 2850. The molecule has 16 nitrogen and oxygen atoms in total. The Morgan fingerprint density at radius 1 is 0.521 bits per heavy atom. The summed E-state index contributed by atoms with van der Waals surface area (Å²) < 4.78 is 11.4. The quantitative estimate of drug-likeness (QED) is 0.0264. The third-order valence-corrected chi connectivity index (χ3v) is 11.1. The fraction of sp³-hybridized carbons (Fsp3) is 0.280. The van der Waals surface area contributed by atoms with Crippen LogP contribution >= 0.6 is 58.0 Å². The predicted octanol–water partition coefficient (Wildman–Crippen LogP) is 12.0. The Hall–Kier alpha value is -6.43. The zero-order valence-electron chi connectivity index (χ0n) is 38.9. The third-order valence-electron chi connectivity index (χ3n) is 10.1. The highest BCUT2D eigenvalue weighted by atomic mass is 35.5. The summed E-state index contributed by atoms with van der Waals surface area (Å²) in [6.07, 6.45) is 1.35. The van der Waals surface area contributed by atoms with E-state index in [9.17, 15) is 28.8 Å². The minimum absolute atomic E-state index is 0.0895. The average molecular weight is 1070 g/mol. The number of benzene rings is 5. The van der Waals surface area contributed by atoms with Crippen LogP contribution in [0.4, 0.5) is 34.1 Å². The Morgan fingerprint density at radius 2 is 0.972 bits per heavy atom. The van der Waals surface area contributed by atoms with Crippen LogP contribution in [0, 0.1) is 0 Å².